The zero-order valence-electron chi connectivity index (χ0n) is 42.8. The van der Waals surface area contributed by atoms with Crippen LogP contribution in [0, 0.1) is 93.2 Å². The van der Waals surface area contributed by atoms with E-state index in [1.807, 2.05) is 31.3 Å². The number of ether oxygens (including phenoxy) is 1. The summed E-state index contributed by atoms with van der Waals surface area (Å²) in [6, 6.07) is 16.2. The van der Waals surface area contributed by atoms with Gasteiger partial charge in [0.15, 0.2) is 0 Å². The smallest absolute Gasteiger partial charge is 0.331 e. The Hall–Kier alpha value is -3.66. The van der Waals surface area contributed by atoms with E-state index in [1.165, 1.54) is 18.4 Å². The van der Waals surface area contributed by atoms with Crippen molar-refractivity contribution < 1.29 is 45.0 Å². The van der Waals surface area contributed by atoms with E-state index in [2.05, 4.69) is 53.6 Å². The molecule has 1 aliphatic heterocycles. The highest BCUT2D eigenvalue weighted by Gasteiger charge is 2.87. The molecule has 10 heteroatoms. The van der Waals surface area contributed by atoms with E-state index in [-0.39, 0.29) is 61.5 Å². The zero-order valence-corrected chi connectivity index (χ0v) is 42.8. The summed E-state index contributed by atoms with van der Waals surface area (Å²) < 4.78 is 6.35. The maximum Gasteiger partial charge on any atom is 0.331 e. The van der Waals surface area contributed by atoms with Crippen LogP contribution in [0.4, 0.5) is 0 Å². The quantitative estimate of drug-likeness (QED) is 0.0645. The van der Waals surface area contributed by atoms with Crippen LogP contribution in [0.5, 0.6) is 0 Å². The van der Waals surface area contributed by atoms with Crippen LogP contribution in [0.1, 0.15) is 138 Å². The molecule has 11 aliphatic carbocycles. The van der Waals surface area contributed by atoms with Gasteiger partial charge in [-0.05, 0) is 179 Å². The van der Waals surface area contributed by atoms with Gasteiger partial charge < -0.3 is 45.5 Å². The van der Waals surface area contributed by atoms with Gasteiger partial charge in [0.25, 0.3) is 0 Å². The molecular weight excluding hydrogens is 915 g/mol. The summed E-state index contributed by atoms with van der Waals surface area (Å²) in [4.78, 5) is 29.0. The summed E-state index contributed by atoms with van der Waals surface area (Å²) in [7, 11) is 1.92. The van der Waals surface area contributed by atoms with Crippen molar-refractivity contribution in [3.05, 3.63) is 94.6 Å². The molecule has 12 aliphatic rings. The lowest BCUT2D eigenvalue weighted by molar-refractivity contribution is -0.384. The van der Waals surface area contributed by atoms with E-state index in [0.29, 0.717) is 75.5 Å². The number of aliphatic hydroxyl groups is 6. The Morgan fingerprint density at radius 3 is 2.44 bits per heavy atom. The number of allylic oxidation sites excluding steroid dienone is 2. The van der Waals surface area contributed by atoms with Crippen LogP contribution in [-0.2, 0) is 33.8 Å². The highest BCUT2D eigenvalue weighted by molar-refractivity contribution is 5.86. The fourth-order valence-electron chi connectivity index (χ4n) is 21.2. The summed E-state index contributed by atoms with van der Waals surface area (Å²) in [5.41, 5.74) is -4.69. The second kappa shape index (κ2) is 17.7. The molecule has 8 fully saturated rings. The van der Waals surface area contributed by atoms with Gasteiger partial charge >= 0.3 is 5.97 Å². The van der Waals surface area contributed by atoms with Gasteiger partial charge in [-0.15, -0.1) is 0 Å². The van der Waals surface area contributed by atoms with E-state index < -0.39 is 75.1 Å². The van der Waals surface area contributed by atoms with Gasteiger partial charge in [0, 0.05) is 53.2 Å². The highest BCUT2D eigenvalue weighted by Crippen LogP contribution is 2.79. The molecule has 2 aromatic carbocycles. The van der Waals surface area contributed by atoms with Crippen molar-refractivity contribution in [2.24, 2.45) is 81.3 Å². The Labute approximate surface area is 431 Å². The molecule has 0 amide bonds. The number of hydrogen-bond acceptors (Lipinski definition) is 10. The SMILES string of the molecule is CN[C@@H]1Cc2c(cccc2CO)C#CCC[C@]23CC[C@H]4[C@@](O)([C@@H](O)[C@H]5C[C@H]6[C@H](C=CC[C@@H]6C6CCCC6)C[C@@H]6[C@@H](O)[C@]7(CC[C@@H](CCc8ccccc8)C7)C[C@@]4(C=O)[C@@]65O)[C@@]2(O)C[C@H]2C[C@H]1[C@H]1OC(=O)C=C1[C@@H]23. The number of carbonyl (C=O) groups is 2. The highest BCUT2D eigenvalue weighted by atomic mass is 16.5. The summed E-state index contributed by atoms with van der Waals surface area (Å²) in [5.74, 6) is 4.25. The van der Waals surface area contributed by atoms with Crippen molar-refractivity contribution in [2.45, 2.75) is 176 Å². The lowest BCUT2D eigenvalue weighted by Crippen LogP contribution is -2.86. The normalized spacial score (nSPS) is 48.2. The minimum absolute atomic E-state index is 0.0281. The first kappa shape index (κ1) is 48.9. The average Bonchev–Trinajstić information content (AvgIpc) is 4.20. The van der Waals surface area contributed by atoms with Crippen molar-refractivity contribution in [1.29, 1.82) is 0 Å². The molecular formula is C63H79NO9. The van der Waals surface area contributed by atoms with Crippen molar-refractivity contribution in [3.63, 3.8) is 0 Å². The van der Waals surface area contributed by atoms with Crippen LogP contribution in [-0.4, -0.2) is 91.1 Å². The Morgan fingerprint density at radius 2 is 1.66 bits per heavy atom. The van der Waals surface area contributed by atoms with E-state index in [9.17, 15) is 35.4 Å². The maximum absolute atomic E-state index is 15.2. The van der Waals surface area contributed by atoms with Gasteiger partial charge in [0.1, 0.15) is 23.6 Å². The number of rotatable bonds is 7. The van der Waals surface area contributed by atoms with Gasteiger partial charge in [0.2, 0.25) is 0 Å². The van der Waals surface area contributed by atoms with Crippen molar-refractivity contribution >= 4 is 12.3 Å². The molecule has 8 saturated carbocycles. The molecule has 0 saturated heterocycles. The number of aldehydes is 1. The molecule has 73 heavy (non-hydrogen) atoms. The molecule has 7 N–H and O–H groups in total. The van der Waals surface area contributed by atoms with Crippen LogP contribution in [0.25, 0.3) is 0 Å². The molecule has 2 spiro atoms. The molecule has 10 nitrogen and oxygen atoms in total. The summed E-state index contributed by atoms with van der Waals surface area (Å²) in [5, 5.41) is 85.4. The number of carbonyl (C=O) groups excluding carboxylic acids is 2. The number of aryl methyl sites for hydroxylation is 1. The number of nitrogens with one attached hydrogen (secondary N) is 1. The lowest BCUT2D eigenvalue weighted by Gasteiger charge is -2.74. The molecule has 0 unspecified atom stereocenters. The van der Waals surface area contributed by atoms with Crippen LogP contribution in [0.15, 0.2) is 72.3 Å². The van der Waals surface area contributed by atoms with E-state index in [1.54, 1.807) is 6.08 Å². The average molecular weight is 994 g/mol. The molecule has 2 aromatic rings. The molecule has 0 radical (unpaired) electrons. The predicted octanol–water partition coefficient (Wildman–Crippen LogP) is 7.32. The van der Waals surface area contributed by atoms with Crippen molar-refractivity contribution in [2.75, 3.05) is 7.05 Å². The predicted molar refractivity (Wildman–Crippen MR) is 275 cm³/mol. The summed E-state index contributed by atoms with van der Waals surface area (Å²) >= 11 is 0. The second-order valence-electron chi connectivity index (χ2n) is 26.2. The van der Waals surface area contributed by atoms with Gasteiger partial charge in [-0.3, -0.25) is 0 Å². The fourth-order valence-corrected chi connectivity index (χ4v) is 21.2. The Bertz CT molecular complexity index is 2630. The monoisotopic (exact) mass is 994 g/mol. The van der Waals surface area contributed by atoms with Crippen LogP contribution < -0.4 is 5.32 Å². The van der Waals surface area contributed by atoms with E-state index >= 15 is 4.79 Å². The first-order valence-electron chi connectivity index (χ1n) is 28.8. The number of fused-ring (bicyclic) bond motifs is 7. The molecule has 390 valence electrons. The minimum Gasteiger partial charge on any atom is -0.454 e. The fraction of sp³-hybridized carbons (Fsp3) is 0.683. The molecule has 4 bridgehead atoms. The largest absolute Gasteiger partial charge is 0.454 e. The first-order chi connectivity index (χ1) is 35.3. The third kappa shape index (κ3) is 6.67. The van der Waals surface area contributed by atoms with Crippen molar-refractivity contribution in [3.8, 4) is 11.8 Å². The van der Waals surface area contributed by atoms with E-state index in [4.69, 9.17) is 4.74 Å². The topological polar surface area (TPSA) is 177 Å². The van der Waals surface area contributed by atoms with Crippen LogP contribution >= 0.6 is 0 Å². The molecule has 20 atom stereocenters. The minimum atomic E-state index is -2.24. The number of likely N-dealkylation sites (N-methyl/N-ethyl adjacent to an activating group) is 1. The number of aliphatic hydroxyl groups excluding tert-OH is 3. The first-order valence-corrected chi connectivity index (χ1v) is 28.8. The third-order valence-corrected chi connectivity index (χ3v) is 23.9. The van der Waals surface area contributed by atoms with Crippen LogP contribution in [0.3, 0.4) is 0 Å². The molecule has 0 aromatic heterocycles. The zero-order chi connectivity index (χ0) is 50.3. The van der Waals surface area contributed by atoms with Gasteiger partial charge in [-0.2, -0.15) is 0 Å². The molecule has 14 rings (SSSR count). The Kier molecular flexibility index (Phi) is 11.9. The Morgan fingerprint density at radius 1 is 0.849 bits per heavy atom. The standard InChI is InChI=1S/C63H79NO9/c1-64-51-30-45-40(16-9-18-42(45)34-65)15-7-8-24-59-26-23-52-60(36-66)35-58(25-22-38(32-58)21-20-37-11-3-2-4-12-37)56(68)49-28-41-17-10-19-44(39-13-5-6-14-39)46(41)29-50(62(49,60)71)57(69)63(52,72)61(59,70)33-43-27-47(51)55-48(54(43)59)31-53(67)73-55/h2-4,9-12,16-18,31,36,38-39,41,43-44,46-47,49-52,54-57,64-65,68-72H,5-6,8,13-14,19-30,32-35H2,1H3/t38-,41-,43-,44-,46+,47-,49-,50-,51-,52-,54-,55-,56-,57+,58+,59-,60+,61-,62-,63-/m1/s1. The second-order valence-corrected chi connectivity index (χ2v) is 26.2. The summed E-state index contributed by atoms with van der Waals surface area (Å²) in [6.45, 7) is -0.133. The van der Waals surface area contributed by atoms with Gasteiger partial charge in [0.05, 0.1) is 29.8 Å². The van der Waals surface area contributed by atoms with E-state index in [0.717, 1.165) is 67.1 Å². The number of esters is 1. The van der Waals surface area contributed by atoms with Crippen LogP contribution in [0.2, 0.25) is 0 Å². The Balaban J connectivity index is 0.972. The van der Waals surface area contributed by atoms with Gasteiger partial charge in [-0.1, -0.05) is 92.1 Å². The lowest BCUT2D eigenvalue weighted by atomic mass is 9.33. The summed E-state index contributed by atoms with van der Waals surface area (Å²) in [6.07, 6.45) is 17.7. The van der Waals surface area contributed by atoms with Gasteiger partial charge in [-0.25, -0.2) is 4.79 Å². The maximum atomic E-state index is 15.2. The number of benzene rings is 2. The third-order valence-electron chi connectivity index (χ3n) is 23.9. The van der Waals surface area contributed by atoms with Crippen molar-refractivity contribution in [1.82, 2.24) is 5.32 Å². The molecule has 1 heterocycles. The number of hydrogen-bond donors (Lipinski definition) is 7.